The van der Waals surface area contributed by atoms with Crippen molar-refractivity contribution in [3.05, 3.63) is 71.5 Å². The maximum atomic E-state index is 12.3. The van der Waals surface area contributed by atoms with E-state index < -0.39 is 5.97 Å². The maximum absolute atomic E-state index is 12.3. The summed E-state index contributed by atoms with van der Waals surface area (Å²) in [6.45, 7) is 0. The van der Waals surface area contributed by atoms with Crippen molar-refractivity contribution in [2.75, 3.05) is 7.11 Å². The Morgan fingerprint density at radius 1 is 1.09 bits per heavy atom. The predicted molar refractivity (Wildman–Crippen MR) is 86.5 cm³/mol. The van der Waals surface area contributed by atoms with Gasteiger partial charge in [0.1, 0.15) is 5.75 Å². The van der Waals surface area contributed by atoms with Gasteiger partial charge in [0, 0.05) is 5.02 Å². The van der Waals surface area contributed by atoms with E-state index >= 15 is 0 Å². The fraction of sp³-hybridized carbons (Fsp3) is 0.0588. The van der Waals surface area contributed by atoms with Gasteiger partial charge in [-0.15, -0.1) is 0 Å². The van der Waals surface area contributed by atoms with Crippen LogP contribution in [0, 0.1) is 0 Å². The van der Waals surface area contributed by atoms with Gasteiger partial charge < -0.3 is 9.47 Å². The van der Waals surface area contributed by atoms with Crippen molar-refractivity contribution in [3.63, 3.8) is 0 Å². The normalized spacial score (nSPS) is 10.3. The molecule has 6 heteroatoms. The molecule has 0 aliphatic carbocycles. The van der Waals surface area contributed by atoms with E-state index in [4.69, 9.17) is 21.1 Å². The SMILES string of the molecule is COc1cn(-c2ccccc2)nc1C(=O)Oc1ccc(Cl)cc1. The van der Waals surface area contributed by atoms with E-state index in [-0.39, 0.29) is 5.69 Å². The Hall–Kier alpha value is -2.79. The van der Waals surface area contributed by atoms with E-state index in [9.17, 15) is 4.79 Å². The highest BCUT2D eigenvalue weighted by Gasteiger charge is 2.20. The molecule has 0 saturated carbocycles. The van der Waals surface area contributed by atoms with Crippen LogP contribution in [0.15, 0.2) is 60.8 Å². The molecule has 0 spiro atoms. The largest absolute Gasteiger partial charge is 0.493 e. The van der Waals surface area contributed by atoms with Crippen molar-refractivity contribution in [2.24, 2.45) is 0 Å². The summed E-state index contributed by atoms with van der Waals surface area (Å²) >= 11 is 5.81. The lowest BCUT2D eigenvalue weighted by Gasteiger charge is -2.03. The van der Waals surface area contributed by atoms with Gasteiger partial charge in [-0.3, -0.25) is 0 Å². The van der Waals surface area contributed by atoms with Gasteiger partial charge in [0.2, 0.25) is 5.69 Å². The lowest BCUT2D eigenvalue weighted by Crippen LogP contribution is -2.11. The van der Waals surface area contributed by atoms with Gasteiger partial charge in [0.25, 0.3) is 0 Å². The highest BCUT2D eigenvalue weighted by Crippen LogP contribution is 2.22. The third-order valence-corrected chi connectivity index (χ3v) is 3.39. The fourth-order valence-corrected chi connectivity index (χ4v) is 2.15. The minimum atomic E-state index is -0.598. The van der Waals surface area contributed by atoms with Crippen molar-refractivity contribution in [3.8, 4) is 17.2 Å². The van der Waals surface area contributed by atoms with E-state index in [1.54, 1.807) is 35.1 Å². The average molecular weight is 329 g/mol. The van der Waals surface area contributed by atoms with Crippen LogP contribution in [0.2, 0.25) is 5.02 Å². The number of rotatable bonds is 4. The molecule has 1 heterocycles. The standard InChI is InChI=1S/C17H13ClN2O3/c1-22-15-11-20(13-5-3-2-4-6-13)19-16(15)17(21)23-14-9-7-12(18)8-10-14/h2-11H,1H3. The first-order chi connectivity index (χ1) is 11.2. The minimum Gasteiger partial charge on any atom is -0.493 e. The average Bonchev–Trinajstić information content (AvgIpc) is 3.02. The molecule has 0 amide bonds. The molecule has 0 radical (unpaired) electrons. The quantitative estimate of drug-likeness (QED) is 0.540. The number of benzene rings is 2. The second-order valence-corrected chi connectivity index (χ2v) is 5.11. The Labute approximate surface area is 138 Å². The molecule has 2 aromatic carbocycles. The second kappa shape index (κ2) is 6.54. The lowest BCUT2D eigenvalue weighted by atomic mass is 10.3. The van der Waals surface area contributed by atoms with Gasteiger partial charge in [-0.1, -0.05) is 29.8 Å². The maximum Gasteiger partial charge on any atom is 0.368 e. The topological polar surface area (TPSA) is 53.4 Å². The number of halogens is 1. The monoisotopic (exact) mass is 328 g/mol. The molecular formula is C17H13ClN2O3. The van der Waals surface area contributed by atoms with Crippen LogP contribution in [0.5, 0.6) is 11.5 Å². The third-order valence-electron chi connectivity index (χ3n) is 3.14. The van der Waals surface area contributed by atoms with Crippen LogP contribution >= 0.6 is 11.6 Å². The third kappa shape index (κ3) is 3.35. The Morgan fingerprint density at radius 2 is 1.78 bits per heavy atom. The summed E-state index contributed by atoms with van der Waals surface area (Å²) in [7, 11) is 1.48. The number of ether oxygens (including phenoxy) is 2. The van der Waals surface area contributed by atoms with Gasteiger partial charge in [-0.25, -0.2) is 9.48 Å². The summed E-state index contributed by atoms with van der Waals surface area (Å²) in [5.41, 5.74) is 0.919. The summed E-state index contributed by atoms with van der Waals surface area (Å²) in [5.74, 6) is 0.127. The first kappa shape index (κ1) is 15.1. The highest BCUT2D eigenvalue weighted by atomic mass is 35.5. The molecular weight excluding hydrogens is 316 g/mol. The number of methoxy groups -OCH3 is 1. The molecule has 1 aromatic heterocycles. The Bertz CT molecular complexity index is 814. The van der Waals surface area contributed by atoms with Gasteiger partial charge >= 0.3 is 5.97 Å². The van der Waals surface area contributed by atoms with Crippen molar-refractivity contribution in [1.82, 2.24) is 9.78 Å². The van der Waals surface area contributed by atoms with Crippen LogP contribution in [0.25, 0.3) is 5.69 Å². The van der Waals surface area contributed by atoms with Crippen molar-refractivity contribution < 1.29 is 14.3 Å². The molecule has 0 bridgehead atoms. The molecule has 3 aromatic rings. The molecule has 0 aliphatic heterocycles. The smallest absolute Gasteiger partial charge is 0.368 e. The van der Waals surface area contributed by atoms with Gasteiger partial charge in [0.05, 0.1) is 19.0 Å². The zero-order chi connectivity index (χ0) is 16.2. The summed E-state index contributed by atoms with van der Waals surface area (Å²) in [5, 5.41) is 4.82. The fourth-order valence-electron chi connectivity index (χ4n) is 2.02. The second-order valence-electron chi connectivity index (χ2n) is 4.67. The molecule has 0 aliphatic rings. The minimum absolute atomic E-state index is 0.103. The van der Waals surface area contributed by atoms with E-state index in [0.717, 1.165) is 5.69 Å². The summed E-state index contributed by atoms with van der Waals surface area (Å²) in [6.07, 6.45) is 1.63. The van der Waals surface area contributed by atoms with Crippen LogP contribution in [0.4, 0.5) is 0 Å². The number of nitrogens with zero attached hydrogens (tertiary/aromatic N) is 2. The first-order valence-corrected chi connectivity index (χ1v) is 7.22. The highest BCUT2D eigenvalue weighted by molar-refractivity contribution is 6.30. The molecule has 0 atom stereocenters. The number of hydrogen-bond donors (Lipinski definition) is 0. The summed E-state index contributed by atoms with van der Waals surface area (Å²) in [4.78, 5) is 12.3. The van der Waals surface area contributed by atoms with Gasteiger partial charge in [-0.2, -0.15) is 5.10 Å². The molecule has 116 valence electrons. The number of carbonyl (C=O) groups excluding carboxylic acids is 1. The Kier molecular flexibility index (Phi) is 4.30. The van der Waals surface area contributed by atoms with Gasteiger partial charge in [-0.05, 0) is 36.4 Å². The predicted octanol–water partition coefficient (Wildman–Crippen LogP) is 3.75. The zero-order valence-electron chi connectivity index (χ0n) is 12.3. The molecule has 0 saturated heterocycles. The van der Waals surface area contributed by atoms with Crippen LogP contribution in [-0.2, 0) is 0 Å². The summed E-state index contributed by atoms with van der Waals surface area (Å²) in [6, 6.07) is 15.9. The van der Waals surface area contributed by atoms with Crippen LogP contribution < -0.4 is 9.47 Å². The first-order valence-electron chi connectivity index (χ1n) is 6.84. The van der Waals surface area contributed by atoms with Gasteiger partial charge in [0.15, 0.2) is 5.75 Å². The zero-order valence-corrected chi connectivity index (χ0v) is 13.0. The van der Waals surface area contributed by atoms with Crippen LogP contribution in [0.1, 0.15) is 10.5 Å². The number of hydrogen-bond acceptors (Lipinski definition) is 4. The number of esters is 1. The molecule has 23 heavy (non-hydrogen) atoms. The van der Waals surface area contributed by atoms with Crippen molar-refractivity contribution in [2.45, 2.75) is 0 Å². The molecule has 0 unspecified atom stereocenters. The molecule has 3 rings (SSSR count). The van der Waals surface area contributed by atoms with Crippen molar-refractivity contribution in [1.29, 1.82) is 0 Å². The molecule has 5 nitrogen and oxygen atoms in total. The number of para-hydroxylation sites is 1. The number of carbonyl (C=O) groups is 1. The number of aromatic nitrogens is 2. The summed E-state index contributed by atoms with van der Waals surface area (Å²) < 4.78 is 12.1. The van der Waals surface area contributed by atoms with Crippen molar-refractivity contribution >= 4 is 17.6 Å². The lowest BCUT2D eigenvalue weighted by molar-refractivity contribution is 0.0724. The Morgan fingerprint density at radius 3 is 2.43 bits per heavy atom. The molecule has 0 N–H and O–H groups in total. The van der Waals surface area contributed by atoms with E-state index in [1.807, 2.05) is 30.3 Å². The Balaban J connectivity index is 1.88. The van der Waals surface area contributed by atoms with Crippen LogP contribution in [0.3, 0.4) is 0 Å². The van der Waals surface area contributed by atoms with Crippen LogP contribution in [-0.4, -0.2) is 22.9 Å². The molecule has 0 fully saturated rings. The van der Waals surface area contributed by atoms with E-state index in [0.29, 0.717) is 16.5 Å². The van der Waals surface area contributed by atoms with E-state index in [1.165, 1.54) is 7.11 Å². The van der Waals surface area contributed by atoms with E-state index in [2.05, 4.69) is 5.10 Å².